The van der Waals surface area contributed by atoms with Crippen molar-refractivity contribution in [2.45, 2.75) is 44.7 Å². The van der Waals surface area contributed by atoms with E-state index in [1.807, 2.05) is 37.3 Å². The molecule has 1 aliphatic heterocycles. The molecule has 1 N–H and O–H groups in total. The van der Waals surface area contributed by atoms with Crippen LogP contribution in [0.25, 0.3) is 0 Å². The fourth-order valence-corrected chi connectivity index (χ4v) is 3.41. The number of nitrogens with zero attached hydrogens (tertiary/aromatic N) is 1. The Morgan fingerprint density at radius 2 is 1.95 bits per heavy atom. The van der Waals surface area contributed by atoms with Crippen LogP contribution >= 0.6 is 0 Å². The number of benzene rings is 1. The monoisotopic (exact) mass is 286 g/mol. The van der Waals surface area contributed by atoms with Crippen LogP contribution < -0.4 is 5.32 Å². The minimum atomic E-state index is -0.711. The summed E-state index contributed by atoms with van der Waals surface area (Å²) in [6.45, 7) is 4.11. The molecule has 0 radical (unpaired) electrons. The van der Waals surface area contributed by atoms with Crippen molar-refractivity contribution in [1.29, 1.82) is 0 Å². The summed E-state index contributed by atoms with van der Waals surface area (Å²) in [4.78, 5) is 26.8. The van der Waals surface area contributed by atoms with Crippen molar-refractivity contribution in [1.82, 2.24) is 10.2 Å². The van der Waals surface area contributed by atoms with E-state index in [1.165, 1.54) is 0 Å². The van der Waals surface area contributed by atoms with E-state index in [-0.39, 0.29) is 24.4 Å². The highest BCUT2D eigenvalue weighted by Crippen LogP contribution is 2.43. The molecule has 4 heteroatoms. The molecule has 4 nitrogen and oxygen atoms in total. The van der Waals surface area contributed by atoms with Gasteiger partial charge in [0.2, 0.25) is 11.8 Å². The van der Waals surface area contributed by atoms with Crippen molar-refractivity contribution in [2.75, 3.05) is 6.54 Å². The highest BCUT2D eigenvalue weighted by Gasteiger charge is 2.53. The normalized spacial score (nSPS) is 27.4. The van der Waals surface area contributed by atoms with E-state index in [0.717, 1.165) is 24.8 Å². The quantitative estimate of drug-likeness (QED) is 0.923. The lowest BCUT2D eigenvalue weighted by atomic mass is 9.89. The first-order valence-corrected chi connectivity index (χ1v) is 7.73. The maximum Gasteiger partial charge on any atom is 0.249 e. The fraction of sp³-hybridized carbons (Fsp3) is 0.529. The average Bonchev–Trinajstić information content (AvgIpc) is 3.31. The van der Waals surface area contributed by atoms with Crippen LogP contribution in [0.3, 0.4) is 0 Å². The Balaban J connectivity index is 1.92. The van der Waals surface area contributed by atoms with Gasteiger partial charge in [0.1, 0.15) is 12.1 Å². The van der Waals surface area contributed by atoms with Crippen molar-refractivity contribution in [3.63, 3.8) is 0 Å². The first kappa shape index (κ1) is 14.1. The van der Waals surface area contributed by atoms with Crippen LogP contribution in [-0.2, 0) is 9.59 Å². The summed E-state index contributed by atoms with van der Waals surface area (Å²) >= 11 is 0. The molecule has 1 aliphatic carbocycles. The second-order valence-corrected chi connectivity index (χ2v) is 6.29. The summed E-state index contributed by atoms with van der Waals surface area (Å²) in [6, 6.07) is 9.96. The van der Waals surface area contributed by atoms with Crippen LogP contribution in [0.1, 0.15) is 44.7 Å². The predicted octanol–water partition coefficient (Wildman–Crippen LogP) is 2.26. The van der Waals surface area contributed by atoms with Crippen LogP contribution in [0.2, 0.25) is 0 Å². The third-order valence-electron chi connectivity index (χ3n) is 4.76. The number of nitrogens with one attached hydrogen (secondary N) is 1. The standard InChI is InChI=1S/C17H22N2O2/c1-3-14(12-7-5-4-6-8-12)19-11-15(20)18-17(2,16(19)21)13-9-10-13/h4-8,13-14H,3,9-11H2,1-2H3,(H,18,20). The Kier molecular flexibility index (Phi) is 3.47. The lowest BCUT2D eigenvalue weighted by Crippen LogP contribution is -2.66. The van der Waals surface area contributed by atoms with E-state index >= 15 is 0 Å². The third kappa shape index (κ3) is 2.43. The van der Waals surface area contributed by atoms with Gasteiger partial charge in [-0.1, -0.05) is 37.3 Å². The van der Waals surface area contributed by atoms with Gasteiger partial charge in [-0.3, -0.25) is 9.59 Å². The molecule has 1 aromatic rings. The minimum absolute atomic E-state index is 0.0252. The SMILES string of the molecule is CCC(c1ccccc1)N1CC(=O)NC(C)(C2CC2)C1=O. The Bertz CT molecular complexity index is 553. The number of piperazine rings is 1. The minimum Gasteiger partial charge on any atom is -0.340 e. The molecule has 0 spiro atoms. The highest BCUT2D eigenvalue weighted by molar-refractivity contribution is 5.98. The smallest absolute Gasteiger partial charge is 0.249 e. The molecule has 2 unspecified atom stereocenters. The number of hydrogen-bond donors (Lipinski definition) is 1. The summed E-state index contributed by atoms with van der Waals surface area (Å²) in [5, 5.41) is 2.93. The zero-order valence-electron chi connectivity index (χ0n) is 12.6. The first-order chi connectivity index (χ1) is 10.1. The third-order valence-corrected chi connectivity index (χ3v) is 4.76. The Morgan fingerprint density at radius 1 is 1.29 bits per heavy atom. The number of amides is 2. The van der Waals surface area contributed by atoms with Gasteiger partial charge < -0.3 is 10.2 Å². The van der Waals surface area contributed by atoms with E-state index < -0.39 is 5.54 Å². The van der Waals surface area contributed by atoms with Gasteiger partial charge in [-0.25, -0.2) is 0 Å². The van der Waals surface area contributed by atoms with E-state index in [2.05, 4.69) is 12.2 Å². The molecule has 2 fully saturated rings. The summed E-state index contributed by atoms with van der Waals surface area (Å²) in [5.74, 6) is 0.323. The van der Waals surface area contributed by atoms with Crippen LogP contribution in [0.5, 0.6) is 0 Å². The van der Waals surface area contributed by atoms with Gasteiger partial charge in [0, 0.05) is 0 Å². The Morgan fingerprint density at radius 3 is 2.52 bits per heavy atom. The van der Waals surface area contributed by atoms with Gasteiger partial charge in [-0.05, 0) is 37.7 Å². The Hall–Kier alpha value is -1.84. The molecule has 0 aromatic heterocycles. The topological polar surface area (TPSA) is 49.4 Å². The van der Waals surface area contributed by atoms with Crippen LogP contribution in [0.15, 0.2) is 30.3 Å². The second-order valence-electron chi connectivity index (χ2n) is 6.29. The molecular formula is C17H22N2O2. The van der Waals surface area contributed by atoms with E-state index in [9.17, 15) is 9.59 Å². The highest BCUT2D eigenvalue weighted by atomic mass is 16.2. The maximum absolute atomic E-state index is 13.0. The molecule has 0 bridgehead atoms. The van der Waals surface area contributed by atoms with E-state index in [1.54, 1.807) is 4.90 Å². The van der Waals surface area contributed by atoms with Gasteiger partial charge >= 0.3 is 0 Å². The fourth-order valence-electron chi connectivity index (χ4n) is 3.41. The lowest BCUT2D eigenvalue weighted by Gasteiger charge is -2.43. The van der Waals surface area contributed by atoms with Gasteiger partial charge in [-0.15, -0.1) is 0 Å². The predicted molar refractivity (Wildman–Crippen MR) is 80.5 cm³/mol. The molecule has 2 atom stereocenters. The summed E-state index contributed by atoms with van der Waals surface area (Å²) in [7, 11) is 0. The first-order valence-electron chi connectivity index (χ1n) is 7.73. The van der Waals surface area contributed by atoms with E-state index in [4.69, 9.17) is 0 Å². The zero-order chi connectivity index (χ0) is 15.0. The molecule has 21 heavy (non-hydrogen) atoms. The van der Waals surface area contributed by atoms with Gasteiger partial charge in [0.15, 0.2) is 0 Å². The zero-order valence-corrected chi connectivity index (χ0v) is 12.6. The molecular weight excluding hydrogens is 264 g/mol. The van der Waals surface area contributed by atoms with Gasteiger partial charge in [0.05, 0.1) is 6.04 Å². The van der Waals surface area contributed by atoms with Crippen molar-refractivity contribution in [2.24, 2.45) is 5.92 Å². The van der Waals surface area contributed by atoms with Crippen molar-refractivity contribution in [3.8, 4) is 0 Å². The molecule has 1 aromatic carbocycles. The number of carbonyl (C=O) groups is 2. The Labute approximate surface area is 125 Å². The van der Waals surface area contributed by atoms with Crippen LogP contribution in [0, 0.1) is 5.92 Å². The molecule has 1 saturated heterocycles. The van der Waals surface area contributed by atoms with Crippen LogP contribution in [-0.4, -0.2) is 28.8 Å². The van der Waals surface area contributed by atoms with Crippen molar-refractivity contribution in [3.05, 3.63) is 35.9 Å². The largest absolute Gasteiger partial charge is 0.340 e. The van der Waals surface area contributed by atoms with Gasteiger partial charge in [-0.2, -0.15) is 0 Å². The molecule has 1 heterocycles. The molecule has 3 rings (SSSR count). The number of rotatable bonds is 4. The molecule has 1 saturated carbocycles. The number of hydrogen-bond acceptors (Lipinski definition) is 2. The maximum atomic E-state index is 13.0. The van der Waals surface area contributed by atoms with E-state index in [0.29, 0.717) is 5.92 Å². The summed E-state index contributed by atoms with van der Waals surface area (Å²) in [5.41, 5.74) is 0.388. The summed E-state index contributed by atoms with van der Waals surface area (Å²) in [6.07, 6.45) is 2.86. The molecule has 112 valence electrons. The molecule has 2 aliphatic rings. The average molecular weight is 286 g/mol. The van der Waals surface area contributed by atoms with Crippen molar-refractivity contribution >= 4 is 11.8 Å². The van der Waals surface area contributed by atoms with Crippen LogP contribution in [0.4, 0.5) is 0 Å². The number of carbonyl (C=O) groups excluding carboxylic acids is 2. The van der Waals surface area contributed by atoms with Crippen molar-refractivity contribution < 1.29 is 9.59 Å². The second kappa shape index (κ2) is 5.17. The molecule has 2 amide bonds. The van der Waals surface area contributed by atoms with Gasteiger partial charge in [0.25, 0.3) is 0 Å². The summed E-state index contributed by atoms with van der Waals surface area (Å²) < 4.78 is 0. The lowest BCUT2D eigenvalue weighted by molar-refractivity contribution is -0.153.